The highest BCUT2D eigenvalue weighted by molar-refractivity contribution is 7.89. The first-order chi connectivity index (χ1) is 13.5. The van der Waals surface area contributed by atoms with Crippen molar-refractivity contribution >= 4 is 21.6 Å². The SMILES string of the molecule is COc1ccc2c(c1)N[C@@H](C1CCN(C(=O)c3cccnc3)CC1)NS2(=O)=O. The van der Waals surface area contributed by atoms with Crippen molar-refractivity contribution in [3.8, 4) is 5.75 Å². The maximum atomic E-state index is 12.6. The lowest BCUT2D eigenvalue weighted by atomic mass is 9.93. The Balaban J connectivity index is 1.46. The van der Waals surface area contributed by atoms with E-state index in [0.29, 0.717) is 42.9 Å². The molecule has 28 heavy (non-hydrogen) atoms. The van der Waals surface area contributed by atoms with Crippen LogP contribution < -0.4 is 14.8 Å². The van der Waals surface area contributed by atoms with Crippen molar-refractivity contribution in [2.45, 2.75) is 23.9 Å². The number of sulfonamides is 1. The molecule has 1 saturated heterocycles. The van der Waals surface area contributed by atoms with Gasteiger partial charge in [0.05, 0.1) is 24.5 Å². The first kappa shape index (κ1) is 18.7. The summed E-state index contributed by atoms with van der Waals surface area (Å²) in [7, 11) is -2.05. The average Bonchev–Trinajstić information content (AvgIpc) is 2.73. The molecule has 8 nitrogen and oxygen atoms in total. The summed E-state index contributed by atoms with van der Waals surface area (Å²) in [5.74, 6) is 0.630. The first-order valence-electron chi connectivity index (χ1n) is 9.14. The molecule has 9 heteroatoms. The number of hydrogen-bond acceptors (Lipinski definition) is 6. The minimum absolute atomic E-state index is 0.0428. The van der Waals surface area contributed by atoms with Gasteiger partial charge >= 0.3 is 0 Å². The number of aromatic nitrogens is 1. The molecular formula is C19H22N4O4S. The number of hydrogen-bond donors (Lipinski definition) is 2. The second-order valence-corrected chi connectivity index (χ2v) is 8.66. The minimum Gasteiger partial charge on any atom is -0.497 e. The Bertz CT molecular complexity index is 973. The van der Waals surface area contributed by atoms with Crippen molar-refractivity contribution in [1.82, 2.24) is 14.6 Å². The lowest BCUT2D eigenvalue weighted by Crippen LogP contribution is -2.52. The molecule has 1 aromatic carbocycles. The van der Waals surface area contributed by atoms with E-state index in [2.05, 4.69) is 15.0 Å². The van der Waals surface area contributed by atoms with Crippen LogP contribution in [0.4, 0.5) is 5.69 Å². The van der Waals surface area contributed by atoms with Crippen LogP contribution in [-0.4, -0.2) is 50.6 Å². The van der Waals surface area contributed by atoms with E-state index in [9.17, 15) is 13.2 Å². The molecular weight excluding hydrogens is 380 g/mol. The van der Waals surface area contributed by atoms with Gasteiger partial charge in [-0.2, -0.15) is 4.72 Å². The van der Waals surface area contributed by atoms with Crippen molar-refractivity contribution in [3.63, 3.8) is 0 Å². The van der Waals surface area contributed by atoms with Crippen molar-refractivity contribution in [2.75, 3.05) is 25.5 Å². The van der Waals surface area contributed by atoms with Crippen LogP contribution in [0.5, 0.6) is 5.75 Å². The number of likely N-dealkylation sites (tertiary alicyclic amines) is 1. The number of carbonyl (C=O) groups excluding carboxylic acids is 1. The average molecular weight is 402 g/mol. The van der Waals surface area contributed by atoms with E-state index in [1.165, 1.54) is 6.07 Å². The number of rotatable bonds is 3. The summed E-state index contributed by atoms with van der Waals surface area (Å²) in [6, 6.07) is 8.36. The molecule has 1 atom stereocenters. The van der Waals surface area contributed by atoms with Crippen LogP contribution in [0.2, 0.25) is 0 Å². The van der Waals surface area contributed by atoms with Crippen LogP contribution >= 0.6 is 0 Å². The van der Waals surface area contributed by atoms with E-state index >= 15 is 0 Å². The standard InChI is InChI=1S/C19H22N4O4S/c1-27-15-4-5-17-16(11-15)21-18(22-28(17,25)26)13-6-9-23(10-7-13)19(24)14-3-2-8-20-12-14/h2-5,8,11-13,18,21-22H,6-7,9-10H2,1H3/t18-/m1/s1. The zero-order valence-corrected chi connectivity index (χ0v) is 16.3. The van der Waals surface area contributed by atoms with Crippen LogP contribution in [0.3, 0.4) is 0 Å². The van der Waals surface area contributed by atoms with Crippen LogP contribution in [0.15, 0.2) is 47.6 Å². The highest BCUT2D eigenvalue weighted by Gasteiger charge is 2.36. The van der Waals surface area contributed by atoms with Gasteiger partial charge in [-0.25, -0.2) is 8.42 Å². The van der Waals surface area contributed by atoms with Gasteiger partial charge in [-0.1, -0.05) is 0 Å². The van der Waals surface area contributed by atoms with Crippen molar-refractivity contribution in [1.29, 1.82) is 0 Å². The lowest BCUT2D eigenvalue weighted by Gasteiger charge is -2.39. The highest BCUT2D eigenvalue weighted by Crippen LogP contribution is 2.33. The molecule has 4 rings (SSSR count). The van der Waals surface area contributed by atoms with Crippen molar-refractivity contribution in [2.24, 2.45) is 5.92 Å². The van der Waals surface area contributed by atoms with Crippen LogP contribution in [0.1, 0.15) is 23.2 Å². The van der Waals surface area contributed by atoms with Gasteiger partial charge in [-0.05, 0) is 43.0 Å². The van der Waals surface area contributed by atoms with E-state index in [1.807, 2.05) is 0 Å². The quantitative estimate of drug-likeness (QED) is 0.810. The number of fused-ring (bicyclic) bond motifs is 1. The lowest BCUT2D eigenvalue weighted by molar-refractivity contribution is 0.0679. The van der Waals surface area contributed by atoms with E-state index in [4.69, 9.17) is 4.74 Å². The second-order valence-electron chi connectivity index (χ2n) is 6.98. The Labute approximate surface area is 164 Å². The summed E-state index contributed by atoms with van der Waals surface area (Å²) in [5.41, 5.74) is 1.11. The molecule has 0 saturated carbocycles. The molecule has 2 aliphatic rings. The Morgan fingerprint density at radius 3 is 2.71 bits per heavy atom. The largest absolute Gasteiger partial charge is 0.497 e. The zero-order valence-electron chi connectivity index (χ0n) is 15.5. The van der Waals surface area contributed by atoms with Gasteiger partial charge in [-0.15, -0.1) is 0 Å². The van der Waals surface area contributed by atoms with Gasteiger partial charge in [0.2, 0.25) is 10.0 Å². The number of nitrogens with one attached hydrogen (secondary N) is 2. The van der Waals surface area contributed by atoms with Gasteiger partial charge in [0.15, 0.2) is 0 Å². The highest BCUT2D eigenvalue weighted by atomic mass is 32.2. The molecule has 0 unspecified atom stereocenters. The number of anilines is 1. The molecule has 2 aromatic rings. The van der Waals surface area contributed by atoms with E-state index in [-0.39, 0.29) is 16.7 Å². The molecule has 1 fully saturated rings. The van der Waals surface area contributed by atoms with Crippen molar-refractivity contribution in [3.05, 3.63) is 48.3 Å². The summed E-state index contributed by atoms with van der Waals surface area (Å²) in [5, 5.41) is 3.29. The molecule has 148 valence electrons. The fourth-order valence-corrected chi connectivity index (χ4v) is 5.10. The number of methoxy groups -OCH3 is 1. The Hall–Kier alpha value is -2.65. The van der Waals surface area contributed by atoms with Gasteiger partial charge in [0, 0.05) is 31.5 Å². The predicted octanol–water partition coefficient (Wildman–Crippen LogP) is 1.67. The normalized spacial score (nSPS) is 21.5. The number of carbonyl (C=O) groups is 1. The van der Waals surface area contributed by atoms with E-state index in [0.717, 1.165) is 0 Å². The summed E-state index contributed by atoms with van der Waals surface area (Å²) >= 11 is 0. The second kappa shape index (κ2) is 7.40. The van der Waals surface area contributed by atoms with Crippen LogP contribution in [-0.2, 0) is 10.0 Å². The summed E-state index contributed by atoms with van der Waals surface area (Å²) in [6.45, 7) is 1.15. The van der Waals surface area contributed by atoms with Crippen molar-refractivity contribution < 1.29 is 17.9 Å². The summed E-state index contributed by atoms with van der Waals surface area (Å²) in [6.07, 6.45) is 4.18. The zero-order chi connectivity index (χ0) is 19.7. The number of piperidine rings is 1. The third-order valence-corrected chi connectivity index (χ3v) is 6.78. The predicted molar refractivity (Wildman–Crippen MR) is 104 cm³/mol. The molecule has 3 heterocycles. The Kier molecular flexibility index (Phi) is 4.94. The van der Waals surface area contributed by atoms with E-state index in [1.54, 1.807) is 48.7 Å². The van der Waals surface area contributed by atoms with Gasteiger partial charge in [-0.3, -0.25) is 9.78 Å². The molecule has 1 amide bonds. The molecule has 0 bridgehead atoms. The molecule has 0 aliphatic carbocycles. The number of pyridine rings is 1. The van der Waals surface area contributed by atoms with Crippen LogP contribution in [0.25, 0.3) is 0 Å². The minimum atomic E-state index is -3.60. The third-order valence-electron chi connectivity index (χ3n) is 5.28. The first-order valence-corrected chi connectivity index (χ1v) is 10.6. The molecule has 2 aliphatic heterocycles. The summed E-state index contributed by atoms with van der Waals surface area (Å²) in [4.78, 5) is 18.6. The monoisotopic (exact) mass is 402 g/mol. The molecule has 0 radical (unpaired) electrons. The Morgan fingerprint density at radius 2 is 2.04 bits per heavy atom. The van der Waals surface area contributed by atoms with Gasteiger partial charge in [0.1, 0.15) is 10.6 Å². The Morgan fingerprint density at radius 1 is 1.25 bits per heavy atom. The van der Waals surface area contributed by atoms with E-state index < -0.39 is 16.2 Å². The maximum Gasteiger partial charge on any atom is 0.255 e. The summed E-state index contributed by atoms with van der Waals surface area (Å²) < 4.78 is 33.2. The number of amides is 1. The number of ether oxygens (including phenoxy) is 1. The number of nitrogens with zero attached hydrogens (tertiary/aromatic N) is 2. The number of benzene rings is 1. The topological polar surface area (TPSA) is 101 Å². The van der Waals surface area contributed by atoms with Crippen LogP contribution in [0, 0.1) is 5.92 Å². The molecule has 1 aromatic heterocycles. The smallest absolute Gasteiger partial charge is 0.255 e. The fraction of sp³-hybridized carbons (Fsp3) is 0.368. The van der Waals surface area contributed by atoms with Gasteiger partial charge < -0.3 is 15.0 Å². The fourth-order valence-electron chi connectivity index (χ4n) is 3.73. The molecule has 2 N–H and O–H groups in total. The maximum absolute atomic E-state index is 12.6. The van der Waals surface area contributed by atoms with Gasteiger partial charge in [0.25, 0.3) is 5.91 Å². The molecule has 0 spiro atoms. The third kappa shape index (κ3) is 3.55.